The number of halogens is 2. The highest BCUT2D eigenvalue weighted by molar-refractivity contribution is 9.10. The first kappa shape index (κ1) is 15.7. The van der Waals surface area contributed by atoms with E-state index in [1.807, 2.05) is 0 Å². The predicted octanol–water partition coefficient (Wildman–Crippen LogP) is 2.90. The summed E-state index contributed by atoms with van der Waals surface area (Å²) in [5.74, 6) is -0.856. The fraction of sp³-hybridized carbons (Fsp3) is 0.176. The largest absolute Gasteiger partial charge is 0.352 e. The standard InChI is InChI=1S/C17H14BrFN2O2/c18-13-5-1-12(2-6-13)17(23)21-10-9-20-16(22)15(21)11-3-7-14(19)8-4-11/h1-8,15H,9-10H2,(H,20,22). The molecule has 3 rings (SSSR count). The van der Waals surface area contributed by atoms with E-state index in [9.17, 15) is 14.0 Å². The number of amides is 2. The van der Waals surface area contributed by atoms with Gasteiger partial charge in [0.15, 0.2) is 0 Å². The Morgan fingerprint density at radius 1 is 1.13 bits per heavy atom. The van der Waals surface area contributed by atoms with E-state index in [0.717, 1.165) is 4.47 Å². The number of hydrogen-bond donors (Lipinski definition) is 1. The topological polar surface area (TPSA) is 49.4 Å². The van der Waals surface area contributed by atoms with E-state index in [1.54, 1.807) is 24.3 Å². The van der Waals surface area contributed by atoms with Gasteiger partial charge in [-0.05, 0) is 42.0 Å². The Hall–Kier alpha value is -2.21. The lowest BCUT2D eigenvalue weighted by molar-refractivity contribution is -0.128. The van der Waals surface area contributed by atoms with Crippen molar-refractivity contribution in [3.8, 4) is 0 Å². The Balaban J connectivity index is 1.94. The van der Waals surface area contributed by atoms with E-state index in [0.29, 0.717) is 24.2 Å². The molecule has 1 unspecified atom stereocenters. The van der Waals surface area contributed by atoms with Crippen molar-refractivity contribution in [2.45, 2.75) is 6.04 Å². The molecule has 0 aromatic heterocycles. The number of carbonyl (C=O) groups excluding carboxylic acids is 2. The molecule has 0 saturated carbocycles. The van der Waals surface area contributed by atoms with Crippen LogP contribution in [-0.2, 0) is 4.79 Å². The zero-order valence-electron chi connectivity index (χ0n) is 12.1. The van der Waals surface area contributed by atoms with Crippen molar-refractivity contribution in [2.75, 3.05) is 13.1 Å². The van der Waals surface area contributed by atoms with Gasteiger partial charge in [0.1, 0.15) is 11.9 Å². The van der Waals surface area contributed by atoms with Crippen LogP contribution in [0.5, 0.6) is 0 Å². The lowest BCUT2D eigenvalue weighted by Crippen LogP contribution is -2.52. The maximum absolute atomic E-state index is 13.1. The van der Waals surface area contributed by atoms with Gasteiger partial charge in [-0.2, -0.15) is 0 Å². The van der Waals surface area contributed by atoms with Crippen LogP contribution in [0.15, 0.2) is 53.0 Å². The highest BCUT2D eigenvalue weighted by atomic mass is 79.9. The summed E-state index contributed by atoms with van der Waals surface area (Å²) in [6.45, 7) is 0.807. The molecule has 23 heavy (non-hydrogen) atoms. The quantitative estimate of drug-likeness (QED) is 0.875. The third kappa shape index (κ3) is 3.27. The number of carbonyl (C=O) groups is 2. The average molecular weight is 377 g/mol. The highest BCUT2D eigenvalue weighted by Crippen LogP contribution is 2.26. The lowest BCUT2D eigenvalue weighted by Gasteiger charge is -2.35. The highest BCUT2D eigenvalue weighted by Gasteiger charge is 2.34. The molecule has 2 amide bonds. The molecular weight excluding hydrogens is 363 g/mol. The molecule has 4 nitrogen and oxygen atoms in total. The molecule has 1 saturated heterocycles. The first-order valence-corrected chi connectivity index (χ1v) is 7.95. The first-order valence-electron chi connectivity index (χ1n) is 7.16. The Bertz CT molecular complexity index is 731. The van der Waals surface area contributed by atoms with Gasteiger partial charge in [0, 0.05) is 23.1 Å². The van der Waals surface area contributed by atoms with E-state index in [4.69, 9.17) is 0 Å². The van der Waals surface area contributed by atoms with Crippen LogP contribution in [0.4, 0.5) is 4.39 Å². The van der Waals surface area contributed by atoms with Crippen molar-refractivity contribution in [3.63, 3.8) is 0 Å². The van der Waals surface area contributed by atoms with Crippen LogP contribution in [0, 0.1) is 5.82 Å². The Kier molecular flexibility index (Phi) is 4.43. The zero-order chi connectivity index (χ0) is 16.4. The minimum atomic E-state index is -0.750. The number of benzene rings is 2. The molecule has 0 aliphatic carbocycles. The van der Waals surface area contributed by atoms with Crippen molar-refractivity contribution in [1.82, 2.24) is 10.2 Å². The second-order valence-corrected chi connectivity index (χ2v) is 6.17. The van der Waals surface area contributed by atoms with Gasteiger partial charge in [0.25, 0.3) is 5.91 Å². The van der Waals surface area contributed by atoms with Crippen molar-refractivity contribution >= 4 is 27.7 Å². The smallest absolute Gasteiger partial charge is 0.254 e. The second kappa shape index (κ2) is 6.50. The van der Waals surface area contributed by atoms with E-state index in [-0.39, 0.29) is 17.6 Å². The molecule has 1 aliphatic rings. The molecule has 1 atom stereocenters. The fourth-order valence-electron chi connectivity index (χ4n) is 2.62. The number of rotatable bonds is 2. The maximum atomic E-state index is 13.1. The predicted molar refractivity (Wildman–Crippen MR) is 87.3 cm³/mol. The monoisotopic (exact) mass is 376 g/mol. The average Bonchev–Trinajstić information content (AvgIpc) is 2.56. The van der Waals surface area contributed by atoms with Crippen LogP contribution in [0.2, 0.25) is 0 Å². The third-order valence-electron chi connectivity index (χ3n) is 3.75. The molecule has 2 aromatic carbocycles. The van der Waals surface area contributed by atoms with Crippen LogP contribution in [0.3, 0.4) is 0 Å². The molecule has 0 radical (unpaired) electrons. The Morgan fingerprint density at radius 3 is 2.43 bits per heavy atom. The molecule has 1 heterocycles. The van der Waals surface area contributed by atoms with Crippen molar-refractivity contribution in [2.24, 2.45) is 0 Å². The minimum absolute atomic E-state index is 0.221. The van der Waals surface area contributed by atoms with Gasteiger partial charge in [-0.15, -0.1) is 0 Å². The van der Waals surface area contributed by atoms with Gasteiger partial charge in [0.2, 0.25) is 5.91 Å². The molecule has 1 fully saturated rings. The lowest BCUT2D eigenvalue weighted by atomic mass is 10.0. The summed E-state index contributed by atoms with van der Waals surface area (Å²) < 4.78 is 14.0. The Morgan fingerprint density at radius 2 is 1.78 bits per heavy atom. The molecule has 1 aliphatic heterocycles. The van der Waals surface area contributed by atoms with Gasteiger partial charge in [0.05, 0.1) is 0 Å². The van der Waals surface area contributed by atoms with Crippen molar-refractivity contribution < 1.29 is 14.0 Å². The van der Waals surface area contributed by atoms with E-state index >= 15 is 0 Å². The summed E-state index contributed by atoms with van der Waals surface area (Å²) in [5.41, 5.74) is 1.10. The first-order chi connectivity index (χ1) is 11.1. The van der Waals surface area contributed by atoms with E-state index in [2.05, 4.69) is 21.2 Å². The molecule has 0 bridgehead atoms. The molecule has 118 valence electrons. The van der Waals surface area contributed by atoms with Crippen molar-refractivity contribution in [3.05, 3.63) is 69.9 Å². The molecule has 1 N–H and O–H groups in total. The Labute approximate surface area is 141 Å². The minimum Gasteiger partial charge on any atom is -0.352 e. The number of nitrogens with one attached hydrogen (secondary N) is 1. The number of piperazine rings is 1. The van der Waals surface area contributed by atoms with Gasteiger partial charge in [-0.25, -0.2) is 4.39 Å². The van der Waals surface area contributed by atoms with Crippen LogP contribution >= 0.6 is 15.9 Å². The maximum Gasteiger partial charge on any atom is 0.254 e. The summed E-state index contributed by atoms with van der Waals surface area (Å²) in [4.78, 5) is 26.6. The van der Waals surface area contributed by atoms with E-state index in [1.165, 1.54) is 29.2 Å². The van der Waals surface area contributed by atoms with Gasteiger partial charge < -0.3 is 10.2 Å². The summed E-state index contributed by atoms with van der Waals surface area (Å²) in [7, 11) is 0. The van der Waals surface area contributed by atoms with Crippen LogP contribution in [-0.4, -0.2) is 29.8 Å². The van der Waals surface area contributed by atoms with Crippen molar-refractivity contribution in [1.29, 1.82) is 0 Å². The SMILES string of the molecule is O=C1NCCN(C(=O)c2ccc(Br)cc2)C1c1ccc(F)cc1. The summed E-state index contributed by atoms with van der Waals surface area (Å²) in [5, 5.41) is 2.76. The van der Waals surface area contributed by atoms with Gasteiger partial charge >= 0.3 is 0 Å². The molecular formula is C17H14BrFN2O2. The third-order valence-corrected chi connectivity index (χ3v) is 4.28. The summed E-state index contributed by atoms with van der Waals surface area (Å²) >= 11 is 3.33. The van der Waals surface area contributed by atoms with Crippen LogP contribution in [0.1, 0.15) is 22.0 Å². The summed E-state index contributed by atoms with van der Waals surface area (Å²) in [6, 6.07) is 11.9. The molecule has 6 heteroatoms. The second-order valence-electron chi connectivity index (χ2n) is 5.25. The van der Waals surface area contributed by atoms with E-state index < -0.39 is 6.04 Å². The normalized spacial score (nSPS) is 17.7. The summed E-state index contributed by atoms with van der Waals surface area (Å²) in [6.07, 6.45) is 0. The van der Waals surface area contributed by atoms with Gasteiger partial charge in [-0.1, -0.05) is 28.1 Å². The van der Waals surface area contributed by atoms with Crippen LogP contribution in [0.25, 0.3) is 0 Å². The van der Waals surface area contributed by atoms with Crippen LogP contribution < -0.4 is 5.32 Å². The fourth-order valence-corrected chi connectivity index (χ4v) is 2.88. The number of hydrogen-bond acceptors (Lipinski definition) is 2. The zero-order valence-corrected chi connectivity index (χ0v) is 13.7. The molecule has 0 spiro atoms. The number of nitrogens with zero attached hydrogens (tertiary/aromatic N) is 1. The molecule has 2 aromatic rings. The van der Waals surface area contributed by atoms with Gasteiger partial charge in [-0.3, -0.25) is 9.59 Å².